The molecular weight excluding hydrogens is 346 g/mol. The monoisotopic (exact) mass is 365 g/mol. The van der Waals surface area contributed by atoms with E-state index in [2.05, 4.69) is 11.1 Å². The lowest BCUT2D eigenvalue weighted by Crippen LogP contribution is -2.31. The molecule has 7 heteroatoms. The van der Waals surface area contributed by atoms with Crippen molar-refractivity contribution in [3.05, 3.63) is 53.3 Å². The molecule has 1 aromatic heterocycles. The third-order valence-corrected chi connectivity index (χ3v) is 4.81. The van der Waals surface area contributed by atoms with E-state index in [0.29, 0.717) is 36.6 Å². The summed E-state index contributed by atoms with van der Waals surface area (Å²) in [7, 11) is 0. The molecule has 1 saturated heterocycles. The van der Waals surface area contributed by atoms with E-state index in [0.717, 1.165) is 11.1 Å². The highest BCUT2D eigenvalue weighted by Crippen LogP contribution is 2.38. The Morgan fingerprint density at radius 2 is 2.30 bits per heavy atom. The molecule has 1 fully saturated rings. The molecule has 7 nitrogen and oxygen atoms in total. The topological polar surface area (TPSA) is 95.7 Å². The van der Waals surface area contributed by atoms with Crippen molar-refractivity contribution in [2.45, 2.75) is 25.0 Å². The first-order valence-corrected chi connectivity index (χ1v) is 8.86. The van der Waals surface area contributed by atoms with Crippen molar-refractivity contribution in [3.63, 3.8) is 0 Å². The summed E-state index contributed by atoms with van der Waals surface area (Å²) in [6.07, 6.45) is 3.43. The highest BCUT2D eigenvalue weighted by Gasteiger charge is 2.27. The van der Waals surface area contributed by atoms with Gasteiger partial charge in [0.2, 0.25) is 5.91 Å². The molecule has 2 aromatic rings. The fraction of sp³-hybridized carbons (Fsp3) is 0.350. The van der Waals surface area contributed by atoms with E-state index < -0.39 is 6.10 Å². The summed E-state index contributed by atoms with van der Waals surface area (Å²) < 4.78 is 11.7. The summed E-state index contributed by atoms with van der Waals surface area (Å²) in [5.41, 5.74) is 2.05. The summed E-state index contributed by atoms with van der Waals surface area (Å²) >= 11 is 0. The van der Waals surface area contributed by atoms with Crippen molar-refractivity contribution >= 4 is 5.91 Å². The normalized spacial score (nSPS) is 21.0. The molecule has 1 aromatic carbocycles. The number of fused-ring (bicyclic) bond motifs is 1. The van der Waals surface area contributed by atoms with E-state index in [-0.39, 0.29) is 25.0 Å². The molecule has 2 unspecified atom stereocenters. The minimum atomic E-state index is -0.426. The Labute approximate surface area is 156 Å². The number of benzene rings is 1. The van der Waals surface area contributed by atoms with Gasteiger partial charge in [0, 0.05) is 31.0 Å². The fourth-order valence-corrected chi connectivity index (χ4v) is 3.39. The molecule has 0 aliphatic carbocycles. The lowest BCUT2D eigenvalue weighted by Gasteiger charge is -2.27. The fourth-order valence-electron chi connectivity index (χ4n) is 3.39. The summed E-state index contributed by atoms with van der Waals surface area (Å²) in [5.74, 6) is 0.969. The predicted octanol–water partition coefficient (Wildman–Crippen LogP) is 1.60. The average Bonchev–Trinajstić information content (AvgIpc) is 3.14. The molecule has 0 bridgehead atoms. The molecule has 0 radical (unpaired) electrons. The Balaban J connectivity index is 1.48. The number of nitriles is 1. The van der Waals surface area contributed by atoms with Gasteiger partial charge in [0.05, 0.1) is 18.1 Å². The molecule has 2 aliphatic rings. The minimum Gasteiger partial charge on any atom is -0.484 e. The standard InChI is InChI=1S/C20H19N3O4/c21-8-14-2-1-3-17-20(14)26-12-18(27-17)15-6-13(9-22-10-15)7-19(25)23-5-4-16(24)11-23/h1-3,6,9-10,16,18,24H,4-5,7,11-12H2. The van der Waals surface area contributed by atoms with Gasteiger partial charge in [0.15, 0.2) is 17.6 Å². The number of para-hydroxylation sites is 1. The third-order valence-electron chi connectivity index (χ3n) is 4.81. The van der Waals surface area contributed by atoms with Gasteiger partial charge in [-0.25, -0.2) is 0 Å². The smallest absolute Gasteiger partial charge is 0.227 e. The summed E-state index contributed by atoms with van der Waals surface area (Å²) in [4.78, 5) is 18.3. The second-order valence-corrected chi connectivity index (χ2v) is 6.75. The Bertz CT molecular complexity index is 908. The number of amides is 1. The number of carbonyl (C=O) groups excluding carboxylic acids is 1. The van der Waals surface area contributed by atoms with Gasteiger partial charge in [-0.1, -0.05) is 6.07 Å². The van der Waals surface area contributed by atoms with Crippen LogP contribution in [0.5, 0.6) is 11.5 Å². The molecule has 3 heterocycles. The van der Waals surface area contributed by atoms with Crippen molar-refractivity contribution in [2.24, 2.45) is 0 Å². The van der Waals surface area contributed by atoms with Gasteiger partial charge in [-0.15, -0.1) is 0 Å². The largest absolute Gasteiger partial charge is 0.484 e. The van der Waals surface area contributed by atoms with Gasteiger partial charge in [-0.3, -0.25) is 9.78 Å². The maximum absolute atomic E-state index is 12.4. The number of hydrogen-bond acceptors (Lipinski definition) is 6. The van der Waals surface area contributed by atoms with Gasteiger partial charge >= 0.3 is 0 Å². The number of nitrogens with zero attached hydrogens (tertiary/aromatic N) is 3. The van der Waals surface area contributed by atoms with Crippen LogP contribution < -0.4 is 9.47 Å². The van der Waals surface area contributed by atoms with Crippen LogP contribution in [-0.4, -0.2) is 46.7 Å². The zero-order valence-corrected chi connectivity index (χ0v) is 14.7. The van der Waals surface area contributed by atoms with Crippen LogP contribution >= 0.6 is 0 Å². The highest BCUT2D eigenvalue weighted by molar-refractivity contribution is 5.79. The Hall–Kier alpha value is -3.11. The Morgan fingerprint density at radius 3 is 3.07 bits per heavy atom. The van der Waals surface area contributed by atoms with E-state index >= 15 is 0 Å². The molecule has 1 amide bonds. The summed E-state index contributed by atoms with van der Waals surface area (Å²) in [5, 5.41) is 18.7. The zero-order valence-electron chi connectivity index (χ0n) is 14.7. The first-order chi connectivity index (χ1) is 13.1. The van der Waals surface area contributed by atoms with Gasteiger partial charge in [-0.2, -0.15) is 5.26 Å². The minimum absolute atomic E-state index is 0.0182. The molecule has 2 aliphatic heterocycles. The number of ether oxygens (including phenoxy) is 2. The lowest BCUT2D eigenvalue weighted by molar-refractivity contribution is -0.129. The second-order valence-electron chi connectivity index (χ2n) is 6.75. The van der Waals surface area contributed by atoms with Crippen LogP contribution in [0.4, 0.5) is 0 Å². The number of β-amino-alcohol motifs (C(OH)–C–C–N with tert-alkyl or cyclic N) is 1. The summed E-state index contributed by atoms with van der Waals surface area (Å²) in [6.45, 7) is 1.25. The first-order valence-electron chi connectivity index (χ1n) is 8.86. The van der Waals surface area contributed by atoms with Gasteiger partial charge in [-0.05, 0) is 30.2 Å². The van der Waals surface area contributed by atoms with Crippen molar-refractivity contribution in [2.75, 3.05) is 19.7 Å². The average molecular weight is 365 g/mol. The lowest BCUT2D eigenvalue weighted by atomic mass is 10.1. The molecule has 4 rings (SSSR count). The van der Waals surface area contributed by atoms with Crippen LogP contribution in [0.3, 0.4) is 0 Å². The van der Waals surface area contributed by atoms with Crippen molar-refractivity contribution in [1.29, 1.82) is 5.26 Å². The molecule has 2 atom stereocenters. The third kappa shape index (κ3) is 3.57. The van der Waals surface area contributed by atoms with Gasteiger partial charge in [0.1, 0.15) is 12.7 Å². The van der Waals surface area contributed by atoms with Crippen LogP contribution in [0.25, 0.3) is 0 Å². The van der Waals surface area contributed by atoms with E-state index in [1.54, 1.807) is 35.5 Å². The number of aromatic nitrogens is 1. The molecule has 0 spiro atoms. The summed E-state index contributed by atoms with van der Waals surface area (Å²) in [6, 6.07) is 9.19. The van der Waals surface area contributed by atoms with E-state index in [1.165, 1.54) is 0 Å². The molecule has 27 heavy (non-hydrogen) atoms. The van der Waals surface area contributed by atoms with Crippen LogP contribution in [0, 0.1) is 11.3 Å². The maximum Gasteiger partial charge on any atom is 0.227 e. The van der Waals surface area contributed by atoms with Crippen molar-refractivity contribution < 1.29 is 19.4 Å². The van der Waals surface area contributed by atoms with Crippen LogP contribution in [0.1, 0.15) is 29.2 Å². The molecule has 0 saturated carbocycles. The Kier molecular flexibility index (Phi) is 4.65. The van der Waals surface area contributed by atoms with Gasteiger partial charge < -0.3 is 19.5 Å². The highest BCUT2D eigenvalue weighted by atomic mass is 16.6. The number of likely N-dealkylation sites (tertiary alicyclic amines) is 1. The van der Waals surface area contributed by atoms with Crippen LogP contribution in [0.2, 0.25) is 0 Å². The van der Waals surface area contributed by atoms with E-state index in [4.69, 9.17) is 14.7 Å². The van der Waals surface area contributed by atoms with E-state index in [9.17, 15) is 9.90 Å². The first kappa shape index (κ1) is 17.3. The number of pyridine rings is 1. The number of rotatable bonds is 3. The SMILES string of the molecule is N#Cc1cccc2c1OCC(c1cncc(CC(=O)N3CCC(O)C3)c1)O2. The number of aliphatic hydroxyl groups excluding tert-OH is 1. The van der Waals surface area contributed by atoms with Crippen molar-refractivity contribution in [3.8, 4) is 17.6 Å². The number of aliphatic hydroxyl groups is 1. The maximum atomic E-state index is 12.4. The molecule has 1 N–H and O–H groups in total. The molecular formula is C20H19N3O4. The number of hydrogen-bond donors (Lipinski definition) is 1. The van der Waals surface area contributed by atoms with E-state index in [1.807, 2.05) is 6.07 Å². The van der Waals surface area contributed by atoms with Crippen molar-refractivity contribution in [1.82, 2.24) is 9.88 Å². The zero-order chi connectivity index (χ0) is 18.8. The quantitative estimate of drug-likeness (QED) is 0.888. The Morgan fingerprint density at radius 1 is 1.41 bits per heavy atom. The van der Waals surface area contributed by atoms with Crippen LogP contribution in [0.15, 0.2) is 36.7 Å². The van der Waals surface area contributed by atoms with Crippen LogP contribution in [-0.2, 0) is 11.2 Å². The second kappa shape index (κ2) is 7.25. The van der Waals surface area contributed by atoms with Gasteiger partial charge in [0.25, 0.3) is 0 Å². The number of carbonyl (C=O) groups is 1. The predicted molar refractivity (Wildman–Crippen MR) is 95.2 cm³/mol. The molecule has 138 valence electrons.